The van der Waals surface area contributed by atoms with Crippen molar-refractivity contribution in [3.8, 4) is 0 Å². The van der Waals surface area contributed by atoms with Crippen molar-refractivity contribution in [3.05, 3.63) is 76.1 Å². The average Bonchev–Trinajstić information content (AvgIpc) is 3.36. The summed E-state index contributed by atoms with van der Waals surface area (Å²) < 4.78 is 25.2. The van der Waals surface area contributed by atoms with Crippen LogP contribution in [-0.2, 0) is 31.8 Å². The van der Waals surface area contributed by atoms with Crippen LogP contribution in [0.1, 0.15) is 103 Å². The number of hydrogen-bond donors (Lipinski definition) is 0. The molecule has 0 radical (unpaired) electrons. The molecule has 1 aromatic heterocycles. The molecule has 264 valence electrons. The third-order valence-corrected chi connectivity index (χ3v) is 10.1. The quantitative estimate of drug-likeness (QED) is 0.187. The van der Waals surface area contributed by atoms with Gasteiger partial charge in [0.05, 0.1) is 56.6 Å². The van der Waals surface area contributed by atoms with E-state index in [2.05, 4.69) is 107 Å². The fourth-order valence-corrected chi connectivity index (χ4v) is 5.85. The molecule has 3 aromatic rings. The Kier molecular flexibility index (Phi) is 12.1. The first-order chi connectivity index (χ1) is 22.6. The first kappa shape index (κ1) is 39.8. The van der Waals surface area contributed by atoms with Gasteiger partial charge in [0.1, 0.15) is 0 Å². The average molecular weight is 748 g/mol. The third-order valence-electron chi connectivity index (χ3n) is 10.1. The van der Waals surface area contributed by atoms with E-state index in [4.69, 9.17) is 53.8 Å². The maximum absolute atomic E-state index is 6.30. The van der Waals surface area contributed by atoms with Crippen molar-refractivity contribution in [1.82, 2.24) is 4.98 Å². The molecule has 49 heavy (non-hydrogen) atoms. The molecule has 0 aliphatic carbocycles. The van der Waals surface area contributed by atoms with Crippen LogP contribution in [0.2, 0.25) is 0 Å². The minimum absolute atomic E-state index is 0.194. The molecule has 0 amide bonds. The van der Waals surface area contributed by atoms with Crippen LogP contribution in [0.25, 0.3) is 0 Å². The van der Waals surface area contributed by atoms with E-state index in [1.807, 2.05) is 32.0 Å². The number of pyridine rings is 1. The molecule has 0 spiro atoms. The van der Waals surface area contributed by atoms with Crippen LogP contribution in [-0.4, -0.2) is 53.0 Å². The molecule has 2 fully saturated rings. The Morgan fingerprint density at radius 2 is 0.857 bits per heavy atom. The second-order valence-corrected chi connectivity index (χ2v) is 16.9. The van der Waals surface area contributed by atoms with E-state index in [9.17, 15) is 0 Å². The van der Waals surface area contributed by atoms with Gasteiger partial charge >= 0.3 is 47.6 Å². The third kappa shape index (κ3) is 8.56. The molecule has 2 aliphatic rings. The van der Waals surface area contributed by atoms with Crippen molar-refractivity contribution in [2.75, 3.05) is 0 Å². The van der Waals surface area contributed by atoms with Gasteiger partial charge in [-0.3, -0.25) is 9.98 Å². The van der Waals surface area contributed by atoms with E-state index in [0.29, 0.717) is 0 Å². The van der Waals surface area contributed by atoms with Crippen LogP contribution in [0.5, 0.6) is 0 Å². The molecule has 7 nitrogen and oxygen atoms in total. The number of aromatic nitrogens is 1. The fourth-order valence-electron chi connectivity index (χ4n) is 5.85. The zero-order chi connectivity index (χ0) is 36.7. The summed E-state index contributed by atoms with van der Waals surface area (Å²) in [5, 5.41) is 0. The van der Waals surface area contributed by atoms with Crippen molar-refractivity contribution >= 4 is 68.2 Å². The van der Waals surface area contributed by atoms with Gasteiger partial charge in [0.15, 0.2) is 0 Å². The van der Waals surface area contributed by atoms with Gasteiger partial charge in [-0.1, -0.05) is 30.3 Å². The maximum atomic E-state index is 6.30. The van der Waals surface area contributed by atoms with Crippen molar-refractivity contribution in [2.45, 2.75) is 119 Å². The number of aryl methyl sites for hydroxylation is 4. The molecule has 5 rings (SSSR count). The van der Waals surface area contributed by atoms with Crippen molar-refractivity contribution in [3.63, 3.8) is 0 Å². The molecule has 0 saturated carbocycles. The Labute approximate surface area is 308 Å². The molecular formula is C37H49B2Cl2FeN3O4. The number of rotatable bonds is 6. The first-order valence-corrected chi connectivity index (χ1v) is 19.5. The van der Waals surface area contributed by atoms with Gasteiger partial charge in [-0.25, -0.2) is 4.98 Å². The molecule has 0 bridgehead atoms. The number of halogens is 2. The SMILES string of the molecule is CC(=Nc1c(C)cc(B2OC(C)(C)C(C)(C)O2)cc1C)c1cccc(C(C)=Nc2c(C)cc(B3OC(C)(C)C(C)(C)O3)cc2C)n1.[Cl][Fe][Cl]. The Bertz CT molecular complexity index is 1580. The topological polar surface area (TPSA) is 74.5 Å². The van der Waals surface area contributed by atoms with Crippen LogP contribution < -0.4 is 10.9 Å². The van der Waals surface area contributed by atoms with Gasteiger partial charge in [0, 0.05) is 0 Å². The van der Waals surface area contributed by atoms with Gasteiger partial charge < -0.3 is 18.6 Å². The predicted octanol–water partition coefficient (Wildman–Crippen LogP) is 8.57. The number of nitrogens with zero attached hydrogens (tertiary/aromatic N) is 3. The summed E-state index contributed by atoms with van der Waals surface area (Å²) >= 11 is 0.194. The summed E-state index contributed by atoms with van der Waals surface area (Å²) in [6.45, 7) is 28.9. The van der Waals surface area contributed by atoms with Gasteiger partial charge in [-0.15, -0.1) is 0 Å². The summed E-state index contributed by atoms with van der Waals surface area (Å²) in [7, 11) is 8.71. The van der Waals surface area contributed by atoms with Crippen molar-refractivity contribution in [1.29, 1.82) is 0 Å². The zero-order valence-corrected chi connectivity index (χ0v) is 33.9. The zero-order valence-electron chi connectivity index (χ0n) is 31.3. The van der Waals surface area contributed by atoms with E-state index >= 15 is 0 Å². The Morgan fingerprint density at radius 3 is 1.12 bits per heavy atom. The summed E-state index contributed by atoms with van der Waals surface area (Å²) in [5.74, 6) is 0. The normalized spacial score (nSPS) is 19.7. The molecule has 0 atom stereocenters. The second kappa shape index (κ2) is 14.9. The monoisotopic (exact) mass is 747 g/mol. The van der Waals surface area contributed by atoms with E-state index in [-0.39, 0.29) is 35.5 Å². The van der Waals surface area contributed by atoms with Crippen LogP contribution in [0.15, 0.2) is 52.4 Å². The van der Waals surface area contributed by atoms with Crippen LogP contribution >= 0.6 is 20.2 Å². The predicted molar refractivity (Wildman–Crippen MR) is 203 cm³/mol. The Hall–Kier alpha value is -2.00. The minimum atomic E-state index is -0.408. The molecule has 2 saturated heterocycles. The molecule has 0 N–H and O–H groups in total. The molecular weight excluding hydrogens is 699 g/mol. The standard InChI is InChI=1S/C37H49B2N3O4.2ClH.Fe/c1-22-18-28(38-43-34(7,8)35(9,10)44-38)19-23(2)32(22)40-26(5)30-16-15-17-31(42-30)27(6)41-33-24(3)20-29(21-25(33)4)39-45-36(11,12)37(13,14)46-39;;;/h15-21H,1-14H3;2*1H;/q;;;+2/p-2. The molecule has 12 heteroatoms. The number of hydrogen-bond acceptors (Lipinski definition) is 7. The van der Waals surface area contributed by atoms with Crippen LogP contribution in [0.3, 0.4) is 0 Å². The molecule has 3 heterocycles. The Morgan fingerprint density at radius 1 is 0.592 bits per heavy atom. The van der Waals surface area contributed by atoms with Gasteiger partial charge in [0.2, 0.25) is 0 Å². The summed E-state index contributed by atoms with van der Waals surface area (Å²) in [4.78, 5) is 15.1. The van der Waals surface area contributed by atoms with Crippen LogP contribution in [0.4, 0.5) is 11.4 Å². The number of aliphatic imine (C=N–C) groups is 2. The first-order valence-electron chi connectivity index (χ1n) is 16.5. The van der Waals surface area contributed by atoms with Crippen molar-refractivity contribution in [2.24, 2.45) is 9.98 Å². The van der Waals surface area contributed by atoms with E-state index in [1.54, 1.807) is 0 Å². The van der Waals surface area contributed by atoms with Crippen molar-refractivity contribution < 1.29 is 31.8 Å². The molecule has 0 unspecified atom stereocenters. The summed E-state index contributed by atoms with van der Waals surface area (Å²) in [6, 6.07) is 14.5. The molecule has 2 aliphatic heterocycles. The van der Waals surface area contributed by atoms with E-state index in [0.717, 1.165) is 67.4 Å². The Balaban J connectivity index is 0.00000174. The van der Waals surface area contributed by atoms with Gasteiger partial charge in [-0.2, -0.15) is 0 Å². The summed E-state index contributed by atoms with van der Waals surface area (Å²) in [5.41, 5.74) is 9.87. The molecule has 2 aromatic carbocycles. The van der Waals surface area contributed by atoms with Gasteiger partial charge in [-0.05, 0) is 142 Å². The fraction of sp³-hybridized carbons (Fsp3) is 0.486. The summed E-state index contributed by atoms with van der Waals surface area (Å²) in [6.07, 6.45) is 0. The van der Waals surface area contributed by atoms with Gasteiger partial charge in [0.25, 0.3) is 0 Å². The second-order valence-electron chi connectivity index (χ2n) is 15.0. The van der Waals surface area contributed by atoms with E-state index < -0.39 is 14.2 Å². The number of benzene rings is 2. The van der Waals surface area contributed by atoms with Crippen LogP contribution in [0, 0.1) is 27.7 Å². The van der Waals surface area contributed by atoms with E-state index in [1.165, 1.54) is 0 Å².